The van der Waals surface area contributed by atoms with Gasteiger partial charge in [0.05, 0.1) is 28.5 Å². The molecule has 1 aliphatic rings. The molecule has 8 heteroatoms. The number of thiophene rings is 1. The van der Waals surface area contributed by atoms with Crippen molar-refractivity contribution in [3.63, 3.8) is 0 Å². The second-order valence-electron chi connectivity index (χ2n) is 7.77. The number of aryl methyl sites for hydroxylation is 1. The Labute approximate surface area is 196 Å². The summed E-state index contributed by atoms with van der Waals surface area (Å²) >= 11 is 14.0. The summed E-state index contributed by atoms with van der Waals surface area (Å²) in [4.78, 5) is 20.0. The van der Waals surface area contributed by atoms with E-state index in [1.54, 1.807) is 17.5 Å². The number of rotatable bonds is 5. The van der Waals surface area contributed by atoms with Crippen LogP contribution in [-0.2, 0) is 4.79 Å². The fraction of sp³-hybridized carbons (Fsp3) is 0.261. The number of nitrogens with zero attached hydrogens (tertiary/aromatic N) is 2. The molecule has 3 aromatic rings. The van der Waals surface area contributed by atoms with Crippen LogP contribution in [0, 0.1) is 12.8 Å². The number of hydrogen-bond donors (Lipinski definition) is 2. The zero-order valence-electron chi connectivity index (χ0n) is 17.4. The highest BCUT2D eigenvalue weighted by Gasteiger charge is 2.42. The topological polar surface area (TPSA) is 57.3 Å². The van der Waals surface area contributed by atoms with Gasteiger partial charge in [0, 0.05) is 22.7 Å². The van der Waals surface area contributed by atoms with Gasteiger partial charge in [-0.3, -0.25) is 9.78 Å². The van der Waals surface area contributed by atoms with E-state index in [1.807, 2.05) is 50.2 Å². The Hall–Kier alpha value is -2.48. The molecule has 0 aliphatic carbocycles. The third-order valence-corrected chi connectivity index (χ3v) is 7.00. The average Bonchev–Trinajstić information content (AvgIpc) is 3.32. The van der Waals surface area contributed by atoms with Crippen molar-refractivity contribution in [3.8, 4) is 0 Å². The van der Waals surface area contributed by atoms with Gasteiger partial charge < -0.3 is 15.5 Å². The Bertz CT molecular complexity index is 1120. The lowest BCUT2D eigenvalue weighted by molar-refractivity contribution is -0.118. The minimum atomic E-state index is -0.128. The summed E-state index contributed by atoms with van der Waals surface area (Å²) in [5.74, 6) is -0.202. The van der Waals surface area contributed by atoms with Gasteiger partial charge in [-0.1, -0.05) is 31.5 Å². The van der Waals surface area contributed by atoms with Crippen LogP contribution in [0.5, 0.6) is 0 Å². The van der Waals surface area contributed by atoms with Crippen molar-refractivity contribution < 1.29 is 4.79 Å². The molecule has 0 unspecified atom stereocenters. The molecule has 1 saturated heterocycles. The first-order chi connectivity index (χ1) is 14.9. The van der Waals surface area contributed by atoms with E-state index >= 15 is 0 Å². The van der Waals surface area contributed by atoms with Crippen LogP contribution in [0.15, 0.2) is 54.0 Å². The predicted molar refractivity (Wildman–Crippen MR) is 132 cm³/mol. The summed E-state index contributed by atoms with van der Waals surface area (Å²) in [6.45, 7) is 5.80. The molecular formula is C23H23ClN4OS2. The van der Waals surface area contributed by atoms with E-state index in [0.717, 1.165) is 11.4 Å². The lowest BCUT2D eigenvalue weighted by Gasteiger charge is -2.28. The van der Waals surface area contributed by atoms with Crippen LogP contribution in [0.25, 0.3) is 0 Å². The lowest BCUT2D eigenvalue weighted by atomic mass is 10.0. The van der Waals surface area contributed by atoms with E-state index in [2.05, 4.69) is 38.9 Å². The van der Waals surface area contributed by atoms with E-state index in [1.165, 1.54) is 10.4 Å². The van der Waals surface area contributed by atoms with Gasteiger partial charge in [-0.05, 0) is 66.5 Å². The van der Waals surface area contributed by atoms with E-state index in [0.29, 0.717) is 15.8 Å². The van der Waals surface area contributed by atoms with Crippen molar-refractivity contribution in [2.75, 3.05) is 10.2 Å². The summed E-state index contributed by atoms with van der Waals surface area (Å²) in [5.41, 5.74) is 3.59. The molecule has 0 spiro atoms. The maximum atomic E-state index is 12.1. The first-order valence-corrected chi connectivity index (χ1v) is 11.7. The number of anilines is 2. The second-order valence-corrected chi connectivity index (χ2v) is 9.51. The number of carbonyl (C=O) groups excluding carboxylic acids is 1. The zero-order chi connectivity index (χ0) is 22.1. The molecule has 1 fully saturated rings. The molecule has 1 aromatic carbocycles. The summed E-state index contributed by atoms with van der Waals surface area (Å²) in [6, 6.07) is 13.5. The van der Waals surface area contributed by atoms with Gasteiger partial charge in [0.2, 0.25) is 5.91 Å². The number of aromatic nitrogens is 1. The minimum absolute atomic E-state index is 0.0606. The number of halogens is 1. The monoisotopic (exact) mass is 470 g/mol. The van der Waals surface area contributed by atoms with Crippen LogP contribution in [0.1, 0.15) is 42.1 Å². The zero-order valence-corrected chi connectivity index (χ0v) is 19.8. The molecule has 2 aromatic heterocycles. The minimum Gasteiger partial charge on any atom is -0.351 e. The summed E-state index contributed by atoms with van der Waals surface area (Å²) < 4.78 is 0. The van der Waals surface area contributed by atoms with Gasteiger partial charge in [-0.2, -0.15) is 0 Å². The van der Waals surface area contributed by atoms with E-state index in [-0.39, 0.29) is 23.9 Å². The van der Waals surface area contributed by atoms with Gasteiger partial charge in [0.15, 0.2) is 5.11 Å². The quantitative estimate of drug-likeness (QED) is 0.456. The molecule has 31 heavy (non-hydrogen) atoms. The maximum Gasteiger partial charge on any atom is 0.226 e. The Morgan fingerprint density at radius 3 is 2.71 bits per heavy atom. The average molecular weight is 471 g/mol. The van der Waals surface area contributed by atoms with Crippen LogP contribution in [0.3, 0.4) is 0 Å². The Morgan fingerprint density at radius 2 is 2.10 bits per heavy atom. The van der Waals surface area contributed by atoms with Crippen molar-refractivity contribution in [2.45, 2.75) is 32.9 Å². The summed E-state index contributed by atoms with van der Waals surface area (Å²) in [5, 5.41) is 9.51. The Balaban J connectivity index is 1.74. The normalized spacial score (nSPS) is 18.4. The highest BCUT2D eigenvalue weighted by molar-refractivity contribution is 7.80. The van der Waals surface area contributed by atoms with Crippen molar-refractivity contribution in [1.29, 1.82) is 0 Å². The van der Waals surface area contributed by atoms with Crippen LogP contribution in [-0.4, -0.2) is 16.0 Å². The third-order valence-electron chi connectivity index (χ3n) is 5.28. The number of nitrogens with one attached hydrogen (secondary N) is 2. The molecule has 0 radical (unpaired) electrons. The standard InChI is InChI=1S/C23H23ClN4OS2/c1-13(2)22(29)26-17-8-7-15(12-16(17)24)28-20(21-14(3)9-11-31-21)19(27-23(28)30)18-6-4-5-10-25-18/h4-13,19-20H,1-3H3,(H,26,29)(H,27,30)/t19-,20+/m1/s1. The van der Waals surface area contributed by atoms with Gasteiger partial charge >= 0.3 is 0 Å². The van der Waals surface area contributed by atoms with Crippen LogP contribution < -0.4 is 15.5 Å². The second kappa shape index (κ2) is 8.94. The number of carbonyl (C=O) groups is 1. The first-order valence-electron chi connectivity index (χ1n) is 10.0. The fourth-order valence-electron chi connectivity index (χ4n) is 3.62. The van der Waals surface area contributed by atoms with E-state index in [4.69, 9.17) is 23.8 Å². The predicted octanol–water partition coefficient (Wildman–Crippen LogP) is 5.88. The highest BCUT2D eigenvalue weighted by Crippen LogP contribution is 2.45. The number of amides is 1. The van der Waals surface area contributed by atoms with E-state index < -0.39 is 0 Å². The molecule has 1 aliphatic heterocycles. The van der Waals surface area contributed by atoms with Crippen molar-refractivity contribution >= 4 is 57.5 Å². The van der Waals surface area contributed by atoms with E-state index in [9.17, 15) is 4.79 Å². The number of hydrogen-bond acceptors (Lipinski definition) is 4. The van der Waals surface area contributed by atoms with Crippen LogP contribution in [0.2, 0.25) is 5.02 Å². The smallest absolute Gasteiger partial charge is 0.226 e. The molecule has 4 rings (SSSR count). The fourth-order valence-corrected chi connectivity index (χ4v) is 5.24. The molecule has 2 atom stereocenters. The lowest BCUT2D eigenvalue weighted by Crippen LogP contribution is -2.29. The molecule has 1 amide bonds. The molecule has 160 valence electrons. The van der Waals surface area contributed by atoms with Crippen molar-refractivity contribution in [3.05, 3.63) is 75.2 Å². The van der Waals surface area contributed by atoms with Crippen molar-refractivity contribution in [1.82, 2.24) is 10.3 Å². The van der Waals surface area contributed by atoms with Gasteiger partial charge in [-0.15, -0.1) is 11.3 Å². The molecule has 0 saturated carbocycles. The Kier molecular flexibility index (Phi) is 6.27. The number of thiocarbonyl (C=S) groups is 1. The van der Waals surface area contributed by atoms with Crippen molar-refractivity contribution in [2.24, 2.45) is 5.92 Å². The highest BCUT2D eigenvalue weighted by atomic mass is 35.5. The third kappa shape index (κ3) is 4.31. The molecule has 3 heterocycles. The Morgan fingerprint density at radius 1 is 1.29 bits per heavy atom. The van der Waals surface area contributed by atoms with Crippen LogP contribution in [0.4, 0.5) is 11.4 Å². The number of benzene rings is 1. The number of pyridine rings is 1. The molecule has 0 bridgehead atoms. The van der Waals surface area contributed by atoms with Gasteiger partial charge in [-0.25, -0.2) is 0 Å². The van der Waals surface area contributed by atoms with Gasteiger partial charge in [0.25, 0.3) is 0 Å². The largest absolute Gasteiger partial charge is 0.351 e. The summed E-state index contributed by atoms with van der Waals surface area (Å²) in [6.07, 6.45) is 1.80. The molecule has 2 N–H and O–H groups in total. The maximum absolute atomic E-state index is 12.1. The van der Waals surface area contributed by atoms with Crippen LogP contribution >= 0.6 is 35.2 Å². The SMILES string of the molecule is Cc1ccsc1[C@@H]1[C@@H](c2ccccn2)NC(=S)N1c1ccc(NC(=O)C(C)C)c(Cl)c1. The van der Waals surface area contributed by atoms with Gasteiger partial charge in [0.1, 0.15) is 0 Å². The molecular weight excluding hydrogens is 448 g/mol. The summed E-state index contributed by atoms with van der Waals surface area (Å²) in [7, 11) is 0. The first kappa shape index (κ1) is 21.7. The molecule has 5 nitrogen and oxygen atoms in total.